The molecule has 0 atom stereocenters. The van der Waals surface area contributed by atoms with Crippen molar-refractivity contribution in [3.05, 3.63) is 59.7 Å². The molecular weight excluding hydrogens is 418 g/mol. The summed E-state index contributed by atoms with van der Waals surface area (Å²) in [5, 5.41) is 3.00. The highest BCUT2D eigenvalue weighted by molar-refractivity contribution is 6.02. The van der Waals surface area contributed by atoms with Crippen LogP contribution in [-0.4, -0.2) is 43.5 Å². The van der Waals surface area contributed by atoms with Crippen molar-refractivity contribution in [3.63, 3.8) is 0 Å². The number of carbonyl (C=O) groups excluding carboxylic acids is 2. The van der Waals surface area contributed by atoms with E-state index in [1.165, 1.54) is 45.3 Å². The number of primary amides is 1. The number of carbonyl (C=O) groups is 2. The fourth-order valence-corrected chi connectivity index (χ4v) is 4.10. The van der Waals surface area contributed by atoms with Crippen LogP contribution in [0.4, 0.5) is 5.69 Å². The minimum absolute atomic E-state index is 0.212. The van der Waals surface area contributed by atoms with Crippen LogP contribution < -0.4 is 20.5 Å². The van der Waals surface area contributed by atoms with Gasteiger partial charge < -0.3 is 20.5 Å². The maximum atomic E-state index is 12.6. The predicted octanol–water partition coefficient (Wildman–Crippen LogP) is 3.98. The monoisotopic (exact) mass is 451 g/mol. The van der Waals surface area contributed by atoms with E-state index in [0.29, 0.717) is 17.5 Å². The zero-order chi connectivity index (χ0) is 23.6. The molecule has 7 nitrogen and oxygen atoms in total. The van der Waals surface area contributed by atoms with Crippen molar-refractivity contribution in [2.24, 2.45) is 5.73 Å². The third-order valence-corrected chi connectivity index (χ3v) is 5.88. The molecule has 1 saturated carbocycles. The first-order chi connectivity index (χ1) is 16.0. The van der Waals surface area contributed by atoms with Crippen LogP contribution in [0.3, 0.4) is 0 Å². The lowest BCUT2D eigenvalue weighted by Gasteiger charge is -2.31. The van der Waals surface area contributed by atoms with Crippen LogP contribution in [0.2, 0.25) is 0 Å². The van der Waals surface area contributed by atoms with Crippen molar-refractivity contribution in [1.82, 2.24) is 4.90 Å². The van der Waals surface area contributed by atoms with Gasteiger partial charge in [-0.25, -0.2) is 0 Å². The van der Waals surface area contributed by atoms with Gasteiger partial charge in [-0.15, -0.1) is 0 Å². The van der Waals surface area contributed by atoms with Crippen LogP contribution in [0.15, 0.2) is 48.5 Å². The summed E-state index contributed by atoms with van der Waals surface area (Å²) >= 11 is 0. The molecule has 0 aromatic heterocycles. The van der Waals surface area contributed by atoms with Crippen molar-refractivity contribution in [2.45, 2.75) is 44.7 Å². The minimum atomic E-state index is -0.567. The second kappa shape index (κ2) is 12.1. The molecule has 3 rings (SSSR count). The fraction of sp³-hybridized carbons (Fsp3) is 0.385. The first-order valence-corrected chi connectivity index (χ1v) is 11.3. The standard InChI is InChI=1S/C26H33N3O4/c1-29(21-9-4-3-5-10-21)17-20-8-6-7-11-22(20)28-26(31)15-13-19-12-14-23(24(16-19)32-2)33-18-25(27)30/h6-8,11-16,21H,3-5,9-10,17-18H2,1-2H3,(H2,27,30)(H,28,31)/b15-13+. The molecule has 0 unspecified atom stereocenters. The lowest BCUT2D eigenvalue weighted by Crippen LogP contribution is -2.33. The molecule has 1 aliphatic carbocycles. The number of hydrogen-bond acceptors (Lipinski definition) is 5. The number of rotatable bonds is 10. The van der Waals surface area contributed by atoms with E-state index in [1.54, 1.807) is 24.3 Å². The van der Waals surface area contributed by atoms with E-state index in [0.717, 1.165) is 23.4 Å². The van der Waals surface area contributed by atoms with E-state index in [2.05, 4.69) is 23.3 Å². The molecule has 2 aromatic rings. The topological polar surface area (TPSA) is 93.9 Å². The summed E-state index contributed by atoms with van der Waals surface area (Å²) in [6.07, 6.45) is 9.58. The maximum Gasteiger partial charge on any atom is 0.255 e. The number of benzene rings is 2. The number of ether oxygens (including phenoxy) is 2. The molecule has 0 heterocycles. The number of nitrogens with zero attached hydrogens (tertiary/aromatic N) is 1. The quantitative estimate of drug-likeness (QED) is 0.533. The molecule has 176 valence electrons. The highest BCUT2D eigenvalue weighted by atomic mass is 16.5. The Labute approximate surface area is 195 Å². The Balaban J connectivity index is 1.63. The molecule has 3 N–H and O–H groups in total. The van der Waals surface area contributed by atoms with Gasteiger partial charge in [0.2, 0.25) is 5.91 Å². The predicted molar refractivity (Wildman–Crippen MR) is 130 cm³/mol. The number of anilines is 1. The van der Waals surface area contributed by atoms with E-state index in [9.17, 15) is 9.59 Å². The van der Waals surface area contributed by atoms with E-state index in [4.69, 9.17) is 15.2 Å². The second-order valence-electron chi connectivity index (χ2n) is 8.35. The molecule has 7 heteroatoms. The molecule has 1 aliphatic rings. The summed E-state index contributed by atoms with van der Waals surface area (Å²) in [4.78, 5) is 25.9. The Morgan fingerprint density at radius 1 is 1.12 bits per heavy atom. The highest BCUT2D eigenvalue weighted by Crippen LogP contribution is 2.29. The molecule has 0 bridgehead atoms. The van der Waals surface area contributed by atoms with Gasteiger partial charge in [0.1, 0.15) is 0 Å². The molecule has 2 aromatic carbocycles. The van der Waals surface area contributed by atoms with Gasteiger partial charge in [-0.2, -0.15) is 0 Å². The maximum absolute atomic E-state index is 12.6. The summed E-state index contributed by atoms with van der Waals surface area (Å²) in [6.45, 7) is 0.568. The number of amides is 2. The summed E-state index contributed by atoms with van der Waals surface area (Å²) in [7, 11) is 3.67. The van der Waals surface area contributed by atoms with Crippen LogP contribution in [-0.2, 0) is 16.1 Å². The largest absolute Gasteiger partial charge is 0.493 e. The molecule has 2 amide bonds. The smallest absolute Gasteiger partial charge is 0.255 e. The molecule has 0 aliphatic heterocycles. The molecule has 0 saturated heterocycles. The zero-order valence-electron chi connectivity index (χ0n) is 19.4. The molecular formula is C26H33N3O4. The van der Waals surface area contributed by atoms with Gasteiger partial charge in [0.05, 0.1) is 7.11 Å². The third-order valence-electron chi connectivity index (χ3n) is 5.88. The summed E-state index contributed by atoms with van der Waals surface area (Å²) in [6, 6.07) is 13.7. The molecule has 33 heavy (non-hydrogen) atoms. The third kappa shape index (κ3) is 7.36. The van der Waals surface area contributed by atoms with Crippen LogP contribution in [0.5, 0.6) is 11.5 Å². The number of hydrogen-bond donors (Lipinski definition) is 2. The SMILES string of the molecule is COc1cc(/C=C/C(=O)Nc2ccccc2CN(C)C2CCCCC2)ccc1OCC(N)=O. The van der Waals surface area contributed by atoms with Crippen LogP contribution in [0.25, 0.3) is 6.08 Å². The van der Waals surface area contributed by atoms with Crippen molar-refractivity contribution in [3.8, 4) is 11.5 Å². The van der Waals surface area contributed by atoms with E-state index in [1.807, 2.05) is 18.2 Å². The van der Waals surface area contributed by atoms with Gasteiger partial charge in [0, 0.05) is 24.4 Å². The number of methoxy groups -OCH3 is 1. The van der Waals surface area contributed by atoms with Crippen LogP contribution >= 0.6 is 0 Å². The van der Waals surface area contributed by atoms with Gasteiger partial charge in [-0.3, -0.25) is 14.5 Å². The second-order valence-corrected chi connectivity index (χ2v) is 8.35. The Morgan fingerprint density at radius 2 is 1.88 bits per heavy atom. The van der Waals surface area contributed by atoms with Crippen LogP contribution in [0.1, 0.15) is 43.2 Å². The summed E-state index contributed by atoms with van der Waals surface area (Å²) in [5.41, 5.74) is 7.80. The average molecular weight is 452 g/mol. The van der Waals surface area contributed by atoms with Crippen molar-refractivity contribution in [1.29, 1.82) is 0 Å². The first-order valence-electron chi connectivity index (χ1n) is 11.3. The highest BCUT2D eigenvalue weighted by Gasteiger charge is 2.19. The van der Waals surface area contributed by atoms with Crippen molar-refractivity contribution >= 4 is 23.6 Å². The summed E-state index contributed by atoms with van der Waals surface area (Å²) in [5.74, 6) is 0.0857. The fourth-order valence-electron chi connectivity index (χ4n) is 4.10. The Kier molecular flexibility index (Phi) is 8.89. The lowest BCUT2D eigenvalue weighted by molar-refractivity contribution is -0.120. The van der Waals surface area contributed by atoms with E-state index in [-0.39, 0.29) is 12.5 Å². The van der Waals surface area contributed by atoms with Gasteiger partial charge >= 0.3 is 0 Å². The number of nitrogens with two attached hydrogens (primary N) is 1. The van der Waals surface area contributed by atoms with Crippen molar-refractivity contribution in [2.75, 3.05) is 26.1 Å². The van der Waals surface area contributed by atoms with Gasteiger partial charge in [0.15, 0.2) is 18.1 Å². The average Bonchev–Trinajstić information content (AvgIpc) is 2.83. The lowest BCUT2D eigenvalue weighted by atomic mass is 9.94. The van der Waals surface area contributed by atoms with Gasteiger partial charge in [-0.1, -0.05) is 43.5 Å². The zero-order valence-corrected chi connectivity index (χ0v) is 19.4. The normalized spacial score (nSPS) is 14.4. The van der Waals surface area contributed by atoms with Crippen LogP contribution in [0, 0.1) is 0 Å². The minimum Gasteiger partial charge on any atom is -0.493 e. The molecule has 1 fully saturated rings. The first kappa shape index (κ1) is 24.3. The van der Waals surface area contributed by atoms with Gasteiger partial charge in [-0.05, 0) is 55.3 Å². The van der Waals surface area contributed by atoms with E-state index < -0.39 is 5.91 Å². The Morgan fingerprint density at radius 3 is 2.61 bits per heavy atom. The Hall–Kier alpha value is -3.32. The number of para-hydroxylation sites is 1. The van der Waals surface area contributed by atoms with Crippen molar-refractivity contribution < 1.29 is 19.1 Å². The Bertz CT molecular complexity index is 983. The van der Waals surface area contributed by atoms with Gasteiger partial charge in [0.25, 0.3) is 5.91 Å². The molecule has 0 spiro atoms. The number of nitrogens with one attached hydrogen (secondary N) is 1. The van der Waals surface area contributed by atoms with E-state index >= 15 is 0 Å². The summed E-state index contributed by atoms with van der Waals surface area (Å²) < 4.78 is 10.6. The molecule has 0 radical (unpaired) electrons.